The lowest BCUT2D eigenvalue weighted by molar-refractivity contribution is -0.119. The molecule has 0 bridgehead atoms. The molecule has 0 radical (unpaired) electrons. The second-order valence-corrected chi connectivity index (χ2v) is 6.32. The zero-order valence-electron chi connectivity index (χ0n) is 13.8. The van der Waals surface area contributed by atoms with Crippen LogP contribution in [0.5, 0.6) is 0 Å². The predicted molar refractivity (Wildman–Crippen MR) is 97.8 cm³/mol. The van der Waals surface area contributed by atoms with Gasteiger partial charge in [0.1, 0.15) is 0 Å². The topological polar surface area (TPSA) is 71.1 Å². The van der Waals surface area contributed by atoms with E-state index >= 15 is 0 Å². The molecule has 0 aliphatic rings. The van der Waals surface area contributed by atoms with Crippen molar-refractivity contribution in [3.63, 3.8) is 0 Å². The summed E-state index contributed by atoms with van der Waals surface area (Å²) in [5, 5.41) is 8.15. The van der Waals surface area contributed by atoms with Crippen LogP contribution in [0.1, 0.15) is 38.3 Å². The largest absolute Gasteiger partial charge is 0.350 e. The third-order valence-electron chi connectivity index (χ3n) is 3.45. The number of allylic oxidation sites excluding steroid dienone is 1. The summed E-state index contributed by atoms with van der Waals surface area (Å²) in [5.41, 5.74) is 2.82. The summed E-state index contributed by atoms with van der Waals surface area (Å²) in [7, 11) is 0. The fourth-order valence-corrected chi connectivity index (χ4v) is 2.95. The van der Waals surface area contributed by atoms with Crippen molar-refractivity contribution >= 4 is 28.3 Å². The van der Waals surface area contributed by atoms with Gasteiger partial charge in [-0.3, -0.25) is 9.59 Å². The molecule has 0 aliphatic heterocycles. The SMILES string of the molecule is C=CCCC(=O)Nc1nc(-c2ccc(C(C)NC(C)=O)cc2)cs1. The Morgan fingerprint density at radius 2 is 2.04 bits per heavy atom. The number of hydrogen-bond donors (Lipinski definition) is 2. The van der Waals surface area contributed by atoms with Crippen LogP contribution in [0.25, 0.3) is 11.3 Å². The van der Waals surface area contributed by atoms with E-state index in [1.807, 2.05) is 36.6 Å². The fraction of sp³-hybridized carbons (Fsp3) is 0.278. The van der Waals surface area contributed by atoms with Gasteiger partial charge in [-0.1, -0.05) is 30.3 Å². The molecule has 24 heavy (non-hydrogen) atoms. The Bertz CT molecular complexity index is 722. The monoisotopic (exact) mass is 343 g/mol. The van der Waals surface area contributed by atoms with Crippen molar-refractivity contribution in [2.24, 2.45) is 0 Å². The molecular weight excluding hydrogens is 322 g/mol. The maximum atomic E-state index is 11.7. The van der Waals surface area contributed by atoms with Crippen molar-refractivity contribution in [1.29, 1.82) is 0 Å². The Kier molecular flexibility index (Phi) is 6.26. The van der Waals surface area contributed by atoms with E-state index in [1.54, 1.807) is 6.08 Å². The maximum Gasteiger partial charge on any atom is 0.226 e. The van der Waals surface area contributed by atoms with Gasteiger partial charge in [0.05, 0.1) is 11.7 Å². The first-order chi connectivity index (χ1) is 11.5. The van der Waals surface area contributed by atoms with Gasteiger partial charge in [0.2, 0.25) is 11.8 Å². The summed E-state index contributed by atoms with van der Waals surface area (Å²) < 4.78 is 0. The highest BCUT2D eigenvalue weighted by Crippen LogP contribution is 2.26. The summed E-state index contributed by atoms with van der Waals surface area (Å²) >= 11 is 1.40. The highest BCUT2D eigenvalue weighted by molar-refractivity contribution is 7.14. The first kappa shape index (κ1) is 17.9. The number of aromatic nitrogens is 1. The minimum Gasteiger partial charge on any atom is -0.350 e. The molecule has 0 aliphatic carbocycles. The Hall–Kier alpha value is -2.47. The normalized spacial score (nSPS) is 11.6. The molecular formula is C18H21N3O2S. The van der Waals surface area contributed by atoms with Gasteiger partial charge in [0, 0.05) is 24.3 Å². The molecule has 1 atom stereocenters. The summed E-state index contributed by atoms with van der Waals surface area (Å²) in [4.78, 5) is 27.3. The molecule has 2 amide bonds. The van der Waals surface area contributed by atoms with Crippen molar-refractivity contribution in [2.75, 3.05) is 5.32 Å². The second-order valence-electron chi connectivity index (χ2n) is 5.46. The van der Waals surface area contributed by atoms with Crippen LogP contribution in [0.4, 0.5) is 5.13 Å². The Balaban J connectivity index is 2.03. The molecule has 0 saturated heterocycles. The van der Waals surface area contributed by atoms with E-state index < -0.39 is 0 Å². The van der Waals surface area contributed by atoms with Crippen LogP contribution >= 0.6 is 11.3 Å². The van der Waals surface area contributed by atoms with Crippen LogP contribution in [-0.4, -0.2) is 16.8 Å². The molecule has 2 N–H and O–H groups in total. The highest BCUT2D eigenvalue weighted by Gasteiger charge is 2.10. The zero-order chi connectivity index (χ0) is 17.5. The molecule has 1 aromatic heterocycles. The average Bonchev–Trinajstić information content (AvgIpc) is 3.01. The third kappa shape index (κ3) is 5.03. The molecule has 6 heteroatoms. The first-order valence-corrected chi connectivity index (χ1v) is 8.61. The molecule has 1 unspecified atom stereocenters. The summed E-state index contributed by atoms with van der Waals surface area (Å²) in [5.74, 6) is -0.113. The number of benzene rings is 1. The Morgan fingerprint density at radius 1 is 1.33 bits per heavy atom. The Labute approximate surface area is 145 Å². The van der Waals surface area contributed by atoms with E-state index in [2.05, 4.69) is 22.2 Å². The minimum absolute atomic E-state index is 0.0355. The smallest absolute Gasteiger partial charge is 0.226 e. The predicted octanol–water partition coefficient (Wildman–Crippen LogP) is 3.91. The van der Waals surface area contributed by atoms with Crippen LogP contribution < -0.4 is 10.6 Å². The highest BCUT2D eigenvalue weighted by atomic mass is 32.1. The number of nitrogens with one attached hydrogen (secondary N) is 2. The van der Waals surface area contributed by atoms with Gasteiger partial charge >= 0.3 is 0 Å². The van der Waals surface area contributed by atoms with Crippen LogP contribution in [0.15, 0.2) is 42.3 Å². The van der Waals surface area contributed by atoms with Gasteiger partial charge in [-0.2, -0.15) is 0 Å². The van der Waals surface area contributed by atoms with E-state index in [4.69, 9.17) is 0 Å². The van der Waals surface area contributed by atoms with Gasteiger partial charge in [0.15, 0.2) is 5.13 Å². The van der Waals surface area contributed by atoms with Crippen LogP contribution in [0.2, 0.25) is 0 Å². The molecule has 0 spiro atoms. The molecule has 126 valence electrons. The number of hydrogen-bond acceptors (Lipinski definition) is 4. The number of rotatable bonds is 7. The van der Waals surface area contributed by atoms with E-state index in [-0.39, 0.29) is 17.9 Å². The van der Waals surface area contributed by atoms with Crippen molar-refractivity contribution in [3.8, 4) is 11.3 Å². The Morgan fingerprint density at radius 3 is 2.67 bits per heavy atom. The van der Waals surface area contributed by atoms with Crippen molar-refractivity contribution in [3.05, 3.63) is 47.9 Å². The lowest BCUT2D eigenvalue weighted by atomic mass is 10.1. The number of thiazole rings is 1. The molecule has 0 saturated carbocycles. The standard InChI is InChI=1S/C18H21N3O2S/c1-4-5-6-17(23)21-18-20-16(11-24-18)15-9-7-14(8-10-15)12(2)19-13(3)22/h4,7-12H,1,5-6H2,2-3H3,(H,19,22)(H,20,21,23). The van der Waals surface area contributed by atoms with Gasteiger partial charge in [-0.15, -0.1) is 17.9 Å². The maximum absolute atomic E-state index is 11.7. The quantitative estimate of drug-likeness (QED) is 0.749. The zero-order valence-corrected chi connectivity index (χ0v) is 14.7. The number of carbonyl (C=O) groups excluding carboxylic acids is 2. The van der Waals surface area contributed by atoms with Gasteiger partial charge in [0.25, 0.3) is 0 Å². The van der Waals surface area contributed by atoms with Crippen molar-refractivity contribution < 1.29 is 9.59 Å². The van der Waals surface area contributed by atoms with Gasteiger partial charge in [-0.25, -0.2) is 4.98 Å². The molecule has 1 heterocycles. The van der Waals surface area contributed by atoms with Gasteiger partial charge in [-0.05, 0) is 18.9 Å². The molecule has 2 aromatic rings. The molecule has 5 nitrogen and oxygen atoms in total. The van der Waals surface area contributed by atoms with Crippen molar-refractivity contribution in [1.82, 2.24) is 10.3 Å². The van der Waals surface area contributed by atoms with Crippen LogP contribution in [-0.2, 0) is 9.59 Å². The van der Waals surface area contributed by atoms with E-state index in [0.717, 1.165) is 16.8 Å². The van der Waals surface area contributed by atoms with E-state index in [9.17, 15) is 9.59 Å². The number of anilines is 1. The van der Waals surface area contributed by atoms with E-state index in [1.165, 1.54) is 18.3 Å². The van der Waals surface area contributed by atoms with Crippen LogP contribution in [0.3, 0.4) is 0 Å². The third-order valence-corrected chi connectivity index (χ3v) is 4.21. The van der Waals surface area contributed by atoms with Crippen molar-refractivity contribution in [2.45, 2.75) is 32.7 Å². The lowest BCUT2D eigenvalue weighted by Gasteiger charge is -2.12. The molecule has 0 fully saturated rings. The first-order valence-electron chi connectivity index (χ1n) is 7.73. The number of amides is 2. The second kappa shape index (κ2) is 8.40. The average molecular weight is 343 g/mol. The fourth-order valence-electron chi connectivity index (χ4n) is 2.21. The van der Waals surface area contributed by atoms with Gasteiger partial charge < -0.3 is 10.6 Å². The number of carbonyl (C=O) groups is 2. The molecule has 1 aromatic carbocycles. The summed E-state index contributed by atoms with van der Waals surface area (Å²) in [6, 6.07) is 7.83. The van der Waals surface area contributed by atoms with Crippen LogP contribution in [0, 0.1) is 0 Å². The number of nitrogens with zero attached hydrogens (tertiary/aromatic N) is 1. The summed E-state index contributed by atoms with van der Waals surface area (Å²) in [6.07, 6.45) is 2.78. The molecule has 2 rings (SSSR count). The summed E-state index contributed by atoms with van der Waals surface area (Å²) in [6.45, 7) is 7.05. The van der Waals surface area contributed by atoms with E-state index in [0.29, 0.717) is 18.0 Å². The lowest BCUT2D eigenvalue weighted by Crippen LogP contribution is -2.23. The minimum atomic E-state index is -0.0599.